The SMILES string of the molecule is O=C(Nc1cccc(C(F)(F)F)c1)c1ccc(CN=Nc2ncc(F)c(N3CCOCC3)n2)nc1. The summed E-state index contributed by atoms with van der Waals surface area (Å²) in [5, 5.41) is 10.3. The van der Waals surface area contributed by atoms with E-state index < -0.39 is 23.5 Å². The number of hydrogen-bond acceptors (Lipinski definition) is 8. The molecular formula is C22H19F4N7O2. The van der Waals surface area contributed by atoms with Gasteiger partial charge in [0.1, 0.15) is 6.54 Å². The summed E-state index contributed by atoms with van der Waals surface area (Å²) < 4.78 is 57.8. The fraction of sp³-hybridized carbons (Fsp3) is 0.273. The van der Waals surface area contributed by atoms with Crippen LogP contribution in [-0.2, 0) is 17.5 Å². The van der Waals surface area contributed by atoms with Gasteiger partial charge in [-0.15, -0.1) is 5.11 Å². The van der Waals surface area contributed by atoms with Crippen molar-refractivity contribution in [3.8, 4) is 0 Å². The fourth-order valence-electron chi connectivity index (χ4n) is 3.19. The second-order valence-corrected chi connectivity index (χ2v) is 7.41. The first-order chi connectivity index (χ1) is 16.8. The Morgan fingerprint density at radius 2 is 1.91 bits per heavy atom. The maximum Gasteiger partial charge on any atom is 0.416 e. The van der Waals surface area contributed by atoms with Crippen LogP contribution >= 0.6 is 0 Å². The van der Waals surface area contributed by atoms with Crippen molar-refractivity contribution in [3.63, 3.8) is 0 Å². The summed E-state index contributed by atoms with van der Waals surface area (Å²) in [6.07, 6.45) is -2.21. The molecule has 9 nitrogen and oxygen atoms in total. The minimum Gasteiger partial charge on any atom is -0.378 e. The molecule has 1 saturated heterocycles. The monoisotopic (exact) mass is 489 g/mol. The average molecular weight is 489 g/mol. The van der Waals surface area contributed by atoms with Crippen molar-refractivity contribution in [2.24, 2.45) is 10.2 Å². The number of pyridine rings is 1. The molecule has 2 aromatic heterocycles. The number of halogens is 4. The standard InChI is InChI=1S/C22H19F4N7O2/c23-18-13-28-21(31-19(18)33-6-8-35-9-7-33)32-29-12-17-5-4-14(11-27-17)20(34)30-16-3-1-2-15(10-16)22(24,25)26/h1-5,10-11,13H,6-9,12H2,(H,30,34). The molecule has 0 unspecified atom stereocenters. The molecule has 1 aliphatic heterocycles. The number of anilines is 2. The molecule has 13 heteroatoms. The molecule has 0 atom stereocenters. The Balaban J connectivity index is 1.36. The van der Waals surface area contributed by atoms with E-state index in [4.69, 9.17) is 4.74 Å². The van der Waals surface area contributed by atoms with Gasteiger partial charge in [-0.05, 0) is 30.3 Å². The predicted octanol–water partition coefficient (Wildman–Crippen LogP) is 4.40. The maximum absolute atomic E-state index is 14.1. The lowest BCUT2D eigenvalue weighted by Gasteiger charge is -2.27. The van der Waals surface area contributed by atoms with Crippen LogP contribution in [0.2, 0.25) is 0 Å². The van der Waals surface area contributed by atoms with E-state index in [1.807, 2.05) is 0 Å². The van der Waals surface area contributed by atoms with Crippen molar-refractivity contribution in [1.82, 2.24) is 15.0 Å². The lowest BCUT2D eigenvalue weighted by atomic mass is 10.2. The number of morpholine rings is 1. The van der Waals surface area contributed by atoms with Crippen LogP contribution in [0.3, 0.4) is 0 Å². The molecule has 0 radical (unpaired) electrons. The van der Waals surface area contributed by atoms with Gasteiger partial charge in [0, 0.05) is 25.0 Å². The zero-order chi connectivity index (χ0) is 24.8. The largest absolute Gasteiger partial charge is 0.416 e. The normalized spacial score (nSPS) is 14.3. The number of nitrogens with zero attached hydrogens (tertiary/aromatic N) is 6. The molecule has 1 N–H and O–H groups in total. The first-order valence-corrected chi connectivity index (χ1v) is 10.5. The van der Waals surface area contributed by atoms with Gasteiger partial charge in [0.15, 0.2) is 11.6 Å². The Hall–Kier alpha value is -4.00. The zero-order valence-electron chi connectivity index (χ0n) is 18.2. The molecule has 1 amide bonds. The number of aromatic nitrogens is 3. The van der Waals surface area contributed by atoms with Gasteiger partial charge in [0.05, 0.1) is 36.2 Å². The van der Waals surface area contributed by atoms with E-state index >= 15 is 0 Å². The van der Waals surface area contributed by atoms with Crippen LogP contribution in [0.15, 0.2) is 59.0 Å². The number of hydrogen-bond donors (Lipinski definition) is 1. The lowest BCUT2D eigenvalue weighted by Crippen LogP contribution is -2.37. The molecule has 0 saturated carbocycles. The number of benzene rings is 1. The van der Waals surface area contributed by atoms with Crippen LogP contribution < -0.4 is 10.2 Å². The predicted molar refractivity (Wildman–Crippen MR) is 117 cm³/mol. The Bertz CT molecular complexity index is 1210. The van der Waals surface area contributed by atoms with Gasteiger partial charge in [-0.1, -0.05) is 6.07 Å². The van der Waals surface area contributed by atoms with Crippen molar-refractivity contribution >= 4 is 23.4 Å². The molecule has 3 heterocycles. The van der Waals surface area contributed by atoms with Crippen molar-refractivity contribution < 1.29 is 27.1 Å². The quantitative estimate of drug-likeness (QED) is 0.407. The average Bonchev–Trinajstić information content (AvgIpc) is 2.85. The molecular weight excluding hydrogens is 470 g/mol. The second-order valence-electron chi connectivity index (χ2n) is 7.41. The van der Waals surface area contributed by atoms with Gasteiger partial charge in [-0.3, -0.25) is 9.78 Å². The number of carbonyl (C=O) groups is 1. The summed E-state index contributed by atoms with van der Waals surface area (Å²) in [6.45, 7) is 1.99. The molecule has 1 aliphatic rings. The summed E-state index contributed by atoms with van der Waals surface area (Å²) in [7, 11) is 0. The highest BCUT2D eigenvalue weighted by Gasteiger charge is 2.30. The Kier molecular flexibility index (Phi) is 7.25. The number of azo groups is 1. The summed E-state index contributed by atoms with van der Waals surface area (Å²) in [4.78, 5) is 26.1. The summed E-state index contributed by atoms with van der Waals surface area (Å²) in [6, 6.07) is 7.33. The van der Waals surface area contributed by atoms with Crippen LogP contribution in [0.25, 0.3) is 0 Å². The molecule has 3 aromatic rings. The van der Waals surface area contributed by atoms with Crippen LogP contribution in [0.5, 0.6) is 0 Å². The van der Waals surface area contributed by atoms with Crippen molar-refractivity contribution in [2.75, 3.05) is 36.5 Å². The number of alkyl halides is 3. The summed E-state index contributed by atoms with van der Waals surface area (Å²) in [5.41, 5.74) is -0.227. The number of nitrogens with one attached hydrogen (secondary N) is 1. The number of carbonyl (C=O) groups excluding carboxylic acids is 1. The molecule has 0 spiro atoms. The summed E-state index contributed by atoms with van der Waals surface area (Å²) in [5.74, 6) is -1.05. The minimum atomic E-state index is -4.51. The minimum absolute atomic E-state index is 0.00928. The van der Waals surface area contributed by atoms with Gasteiger partial charge in [-0.25, -0.2) is 9.37 Å². The number of amides is 1. The molecule has 1 fully saturated rings. The molecule has 0 aliphatic carbocycles. The second kappa shape index (κ2) is 10.5. The smallest absolute Gasteiger partial charge is 0.378 e. The maximum atomic E-state index is 14.1. The zero-order valence-corrected chi connectivity index (χ0v) is 18.2. The first-order valence-electron chi connectivity index (χ1n) is 10.5. The van der Waals surface area contributed by atoms with E-state index in [1.165, 1.54) is 30.5 Å². The Morgan fingerprint density at radius 3 is 2.63 bits per heavy atom. The first kappa shape index (κ1) is 24.1. The molecule has 1 aromatic carbocycles. The van der Waals surface area contributed by atoms with Crippen molar-refractivity contribution in [1.29, 1.82) is 0 Å². The van der Waals surface area contributed by atoms with E-state index in [9.17, 15) is 22.4 Å². The lowest BCUT2D eigenvalue weighted by molar-refractivity contribution is -0.137. The summed E-state index contributed by atoms with van der Waals surface area (Å²) >= 11 is 0. The molecule has 35 heavy (non-hydrogen) atoms. The van der Waals surface area contributed by atoms with E-state index in [0.717, 1.165) is 18.3 Å². The van der Waals surface area contributed by atoms with Gasteiger partial charge < -0.3 is 15.0 Å². The van der Waals surface area contributed by atoms with E-state index in [0.29, 0.717) is 32.0 Å². The van der Waals surface area contributed by atoms with E-state index in [2.05, 4.69) is 30.5 Å². The third-order valence-corrected chi connectivity index (χ3v) is 4.95. The van der Waals surface area contributed by atoms with Gasteiger partial charge in [-0.2, -0.15) is 23.3 Å². The van der Waals surface area contributed by atoms with Crippen molar-refractivity contribution in [3.05, 3.63) is 71.4 Å². The van der Waals surface area contributed by atoms with Crippen LogP contribution in [0, 0.1) is 5.82 Å². The topological polar surface area (TPSA) is 105 Å². The highest BCUT2D eigenvalue weighted by molar-refractivity contribution is 6.04. The third kappa shape index (κ3) is 6.32. The Labute approximate surface area is 196 Å². The number of ether oxygens (including phenoxy) is 1. The highest BCUT2D eigenvalue weighted by Crippen LogP contribution is 2.30. The highest BCUT2D eigenvalue weighted by atomic mass is 19.4. The van der Waals surface area contributed by atoms with E-state index in [-0.39, 0.29) is 29.6 Å². The molecule has 4 rings (SSSR count). The molecule has 182 valence electrons. The van der Waals surface area contributed by atoms with Crippen LogP contribution in [-0.4, -0.2) is 47.2 Å². The van der Waals surface area contributed by atoms with Gasteiger partial charge in [0.25, 0.3) is 11.9 Å². The Morgan fingerprint density at radius 1 is 1.11 bits per heavy atom. The van der Waals surface area contributed by atoms with Gasteiger partial charge in [0.2, 0.25) is 0 Å². The van der Waals surface area contributed by atoms with E-state index in [1.54, 1.807) is 4.90 Å². The third-order valence-electron chi connectivity index (χ3n) is 4.95. The van der Waals surface area contributed by atoms with Crippen molar-refractivity contribution in [2.45, 2.75) is 12.7 Å². The van der Waals surface area contributed by atoms with Crippen LogP contribution in [0.4, 0.5) is 35.0 Å². The fourth-order valence-corrected chi connectivity index (χ4v) is 3.19. The van der Waals surface area contributed by atoms with Gasteiger partial charge >= 0.3 is 6.18 Å². The molecule has 0 bridgehead atoms. The van der Waals surface area contributed by atoms with Crippen LogP contribution in [0.1, 0.15) is 21.6 Å². The number of rotatable bonds is 6.